The Kier molecular flexibility index (Phi) is 5.47. The molecule has 0 aromatic rings. The lowest BCUT2D eigenvalue weighted by Crippen LogP contribution is -2.37. The molecular formula is C9H20FN. The minimum Gasteiger partial charge on any atom is -0.309 e. The third kappa shape index (κ3) is 6.29. The van der Waals surface area contributed by atoms with Crippen LogP contribution in [0.25, 0.3) is 0 Å². The smallest absolute Gasteiger partial charge is 0.105 e. The number of nitrogens with one attached hydrogen (secondary N) is 1. The molecule has 0 bridgehead atoms. The Hall–Kier alpha value is -0.110. The van der Waals surface area contributed by atoms with Gasteiger partial charge in [-0.25, -0.2) is 4.39 Å². The summed E-state index contributed by atoms with van der Waals surface area (Å²) in [5, 5.41) is 3.19. The first kappa shape index (κ1) is 10.9. The van der Waals surface area contributed by atoms with Gasteiger partial charge in [-0.05, 0) is 12.3 Å². The normalized spacial score (nSPS) is 14.5. The van der Waals surface area contributed by atoms with Crippen molar-refractivity contribution in [2.24, 2.45) is 5.92 Å². The van der Waals surface area contributed by atoms with Crippen LogP contribution in [0.15, 0.2) is 0 Å². The van der Waals surface area contributed by atoms with Crippen molar-refractivity contribution in [3.63, 3.8) is 0 Å². The average Bonchev–Trinajstić information content (AvgIpc) is 1.84. The Bertz CT molecular complexity index is 81.6. The maximum absolute atomic E-state index is 12.3. The standard InChI is InChI=1S/C9H20FN/c1-7(2)5-9(6-10)11-8(3)4/h7-9,11H,5-6H2,1-4H3. The van der Waals surface area contributed by atoms with Crippen LogP contribution >= 0.6 is 0 Å². The van der Waals surface area contributed by atoms with Gasteiger partial charge in [0.2, 0.25) is 0 Å². The van der Waals surface area contributed by atoms with Gasteiger partial charge >= 0.3 is 0 Å². The molecule has 0 saturated carbocycles. The van der Waals surface area contributed by atoms with Gasteiger partial charge in [0.1, 0.15) is 6.67 Å². The summed E-state index contributed by atoms with van der Waals surface area (Å²) in [6.07, 6.45) is 0.925. The fourth-order valence-corrected chi connectivity index (χ4v) is 1.22. The molecule has 0 saturated heterocycles. The van der Waals surface area contributed by atoms with E-state index in [9.17, 15) is 4.39 Å². The molecule has 0 aliphatic heterocycles. The van der Waals surface area contributed by atoms with Crippen LogP contribution in [0.5, 0.6) is 0 Å². The minimum absolute atomic E-state index is 0.0509. The van der Waals surface area contributed by atoms with Gasteiger partial charge in [0.05, 0.1) is 0 Å². The summed E-state index contributed by atoms with van der Waals surface area (Å²) in [6, 6.07) is 0.435. The monoisotopic (exact) mass is 161 g/mol. The van der Waals surface area contributed by atoms with E-state index in [1.165, 1.54) is 0 Å². The van der Waals surface area contributed by atoms with Gasteiger partial charge in [-0.2, -0.15) is 0 Å². The fraction of sp³-hybridized carbons (Fsp3) is 1.00. The van der Waals surface area contributed by atoms with Crippen molar-refractivity contribution >= 4 is 0 Å². The lowest BCUT2D eigenvalue weighted by atomic mass is 10.0. The first-order valence-corrected chi connectivity index (χ1v) is 4.38. The van der Waals surface area contributed by atoms with Crippen molar-refractivity contribution < 1.29 is 4.39 Å². The Balaban J connectivity index is 3.58. The third-order valence-electron chi connectivity index (χ3n) is 1.51. The number of hydrogen-bond donors (Lipinski definition) is 1. The summed E-state index contributed by atoms with van der Waals surface area (Å²) in [6.45, 7) is 8.07. The van der Waals surface area contributed by atoms with Crippen LogP contribution in [0, 0.1) is 5.92 Å². The molecule has 1 atom stereocenters. The molecule has 11 heavy (non-hydrogen) atoms. The van der Waals surface area contributed by atoms with Crippen LogP contribution < -0.4 is 5.32 Å². The van der Waals surface area contributed by atoms with Crippen LogP contribution in [0.3, 0.4) is 0 Å². The van der Waals surface area contributed by atoms with E-state index in [4.69, 9.17) is 0 Å². The second kappa shape index (κ2) is 5.53. The van der Waals surface area contributed by atoms with E-state index in [0.717, 1.165) is 6.42 Å². The molecule has 1 unspecified atom stereocenters. The molecule has 1 N–H and O–H groups in total. The molecule has 0 aliphatic carbocycles. The van der Waals surface area contributed by atoms with Crippen molar-refractivity contribution in [3.05, 3.63) is 0 Å². The van der Waals surface area contributed by atoms with Crippen LogP contribution in [0.4, 0.5) is 4.39 Å². The number of halogens is 1. The lowest BCUT2D eigenvalue weighted by molar-refractivity contribution is 0.314. The molecule has 0 fully saturated rings. The Morgan fingerprint density at radius 2 is 1.73 bits per heavy atom. The van der Waals surface area contributed by atoms with E-state index in [1.54, 1.807) is 0 Å². The van der Waals surface area contributed by atoms with Gasteiger partial charge in [-0.15, -0.1) is 0 Å². The highest BCUT2D eigenvalue weighted by molar-refractivity contribution is 4.69. The Morgan fingerprint density at radius 3 is 2.00 bits per heavy atom. The summed E-state index contributed by atoms with van der Waals surface area (Å²) in [4.78, 5) is 0. The molecule has 0 radical (unpaired) electrons. The molecule has 68 valence electrons. The predicted molar refractivity (Wildman–Crippen MR) is 47.5 cm³/mol. The maximum Gasteiger partial charge on any atom is 0.105 e. The second-order valence-corrected chi connectivity index (χ2v) is 3.80. The van der Waals surface area contributed by atoms with Crippen molar-refractivity contribution in [1.29, 1.82) is 0 Å². The number of alkyl halides is 1. The van der Waals surface area contributed by atoms with E-state index in [-0.39, 0.29) is 12.7 Å². The molecule has 1 nitrogen and oxygen atoms in total. The molecule has 0 aromatic heterocycles. The minimum atomic E-state index is -0.254. The summed E-state index contributed by atoms with van der Waals surface area (Å²) < 4.78 is 12.3. The number of hydrogen-bond acceptors (Lipinski definition) is 1. The zero-order chi connectivity index (χ0) is 8.85. The highest BCUT2D eigenvalue weighted by atomic mass is 19.1. The predicted octanol–water partition coefficient (Wildman–Crippen LogP) is 2.37. The number of rotatable bonds is 5. The highest BCUT2D eigenvalue weighted by Gasteiger charge is 2.10. The maximum atomic E-state index is 12.3. The Morgan fingerprint density at radius 1 is 1.18 bits per heavy atom. The second-order valence-electron chi connectivity index (χ2n) is 3.80. The van der Waals surface area contributed by atoms with Gasteiger partial charge in [0.25, 0.3) is 0 Å². The zero-order valence-corrected chi connectivity index (χ0v) is 8.02. The topological polar surface area (TPSA) is 12.0 Å². The van der Waals surface area contributed by atoms with E-state index in [2.05, 4.69) is 19.2 Å². The third-order valence-corrected chi connectivity index (χ3v) is 1.51. The quantitative estimate of drug-likeness (QED) is 0.652. The van der Waals surface area contributed by atoms with Crippen molar-refractivity contribution in [2.75, 3.05) is 6.67 Å². The van der Waals surface area contributed by atoms with E-state index in [0.29, 0.717) is 12.0 Å². The van der Waals surface area contributed by atoms with Gasteiger partial charge < -0.3 is 5.32 Å². The Labute approximate surface area is 69.4 Å². The summed E-state index contributed by atoms with van der Waals surface area (Å²) in [5.41, 5.74) is 0. The van der Waals surface area contributed by atoms with Crippen LogP contribution in [-0.4, -0.2) is 18.8 Å². The van der Waals surface area contributed by atoms with E-state index < -0.39 is 0 Å². The van der Waals surface area contributed by atoms with Gasteiger partial charge in [0.15, 0.2) is 0 Å². The molecule has 2 heteroatoms. The molecule has 0 amide bonds. The lowest BCUT2D eigenvalue weighted by Gasteiger charge is -2.19. The van der Waals surface area contributed by atoms with Crippen LogP contribution in [-0.2, 0) is 0 Å². The fourth-order valence-electron chi connectivity index (χ4n) is 1.22. The van der Waals surface area contributed by atoms with Crippen LogP contribution in [0.2, 0.25) is 0 Å². The summed E-state index contributed by atoms with van der Waals surface area (Å²) >= 11 is 0. The zero-order valence-electron chi connectivity index (χ0n) is 8.02. The average molecular weight is 161 g/mol. The van der Waals surface area contributed by atoms with Crippen LogP contribution in [0.1, 0.15) is 34.1 Å². The SMILES string of the molecule is CC(C)CC(CF)NC(C)C. The molecule has 0 rings (SSSR count). The van der Waals surface area contributed by atoms with E-state index in [1.807, 2.05) is 13.8 Å². The van der Waals surface area contributed by atoms with Gasteiger partial charge in [0, 0.05) is 12.1 Å². The first-order valence-electron chi connectivity index (χ1n) is 4.38. The molecule has 0 spiro atoms. The highest BCUT2D eigenvalue weighted by Crippen LogP contribution is 2.05. The van der Waals surface area contributed by atoms with Crippen molar-refractivity contribution in [1.82, 2.24) is 5.32 Å². The summed E-state index contributed by atoms with van der Waals surface area (Å²) in [7, 11) is 0. The molecular weight excluding hydrogens is 141 g/mol. The summed E-state index contributed by atoms with van der Waals surface area (Å²) in [5.74, 6) is 0.571. The van der Waals surface area contributed by atoms with E-state index >= 15 is 0 Å². The van der Waals surface area contributed by atoms with Crippen molar-refractivity contribution in [2.45, 2.75) is 46.2 Å². The molecule has 0 aromatic carbocycles. The van der Waals surface area contributed by atoms with Gasteiger partial charge in [-0.3, -0.25) is 0 Å². The largest absolute Gasteiger partial charge is 0.309 e. The van der Waals surface area contributed by atoms with Gasteiger partial charge in [-0.1, -0.05) is 27.7 Å². The molecule has 0 aliphatic rings. The van der Waals surface area contributed by atoms with Crippen molar-refractivity contribution in [3.8, 4) is 0 Å². The first-order chi connectivity index (χ1) is 5.06. The molecule has 0 heterocycles.